The van der Waals surface area contributed by atoms with E-state index in [9.17, 15) is 0 Å². The highest BCUT2D eigenvalue weighted by Gasteiger charge is 2.17. The van der Waals surface area contributed by atoms with Crippen LogP contribution in [0.5, 0.6) is 0 Å². The van der Waals surface area contributed by atoms with Crippen molar-refractivity contribution in [2.24, 2.45) is 0 Å². The monoisotopic (exact) mass is 234 g/mol. The third-order valence-corrected chi connectivity index (χ3v) is 2.85. The second-order valence-corrected chi connectivity index (χ2v) is 4.01. The molecule has 0 aromatic carbocycles. The molecule has 1 aliphatic heterocycles. The number of pyridine rings is 1. The van der Waals surface area contributed by atoms with Crippen LogP contribution in [0.2, 0.25) is 0 Å². The standard InChI is InChI=1S/C11H14N4O2/c12-11-14-9-5-13-2-1-10(9)15(11)6-8-7-16-3-4-17-8/h1-2,5,8H,3-4,6-7H2,(H2,12,14). The number of rotatable bonds is 2. The zero-order valence-corrected chi connectivity index (χ0v) is 9.37. The third-order valence-electron chi connectivity index (χ3n) is 2.85. The molecule has 0 amide bonds. The zero-order valence-electron chi connectivity index (χ0n) is 9.37. The van der Waals surface area contributed by atoms with Gasteiger partial charge in [0.2, 0.25) is 5.95 Å². The molecular formula is C11H14N4O2. The highest BCUT2D eigenvalue weighted by Crippen LogP contribution is 2.18. The van der Waals surface area contributed by atoms with Crippen molar-refractivity contribution in [1.82, 2.24) is 14.5 Å². The van der Waals surface area contributed by atoms with Crippen molar-refractivity contribution in [3.8, 4) is 0 Å². The number of aromatic nitrogens is 3. The minimum atomic E-state index is 0.0385. The molecule has 3 rings (SSSR count). The number of hydrogen-bond acceptors (Lipinski definition) is 5. The van der Waals surface area contributed by atoms with Crippen molar-refractivity contribution in [2.75, 3.05) is 25.6 Å². The molecule has 0 bridgehead atoms. The van der Waals surface area contributed by atoms with E-state index < -0.39 is 0 Å². The van der Waals surface area contributed by atoms with Gasteiger partial charge >= 0.3 is 0 Å². The molecule has 1 atom stereocenters. The summed E-state index contributed by atoms with van der Waals surface area (Å²) in [7, 11) is 0. The largest absolute Gasteiger partial charge is 0.376 e. The number of nitrogens with two attached hydrogens (primary N) is 1. The first-order chi connectivity index (χ1) is 8.34. The molecule has 1 aliphatic rings. The van der Waals surface area contributed by atoms with E-state index >= 15 is 0 Å². The lowest BCUT2D eigenvalue weighted by atomic mass is 10.3. The number of imidazole rings is 1. The number of ether oxygens (including phenoxy) is 2. The van der Waals surface area contributed by atoms with Crippen LogP contribution in [0, 0.1) is 0 Å². The summed E-state index contributed by atoms with van der Waals surface area (Å²) < 4.78 is 12.9. The van der Waals surface area contributed by atoms with Crippen molar-refractivity contribution in [2.45, 2.75) is 12.6 Å². The van der Waals surface area contributed by atoms with Gasteiger partial charge in [-0.3, -0.25) is 4.98 Å². The highest BCUT2D eigenvalue weighted by atomic mass is 16.6. The smallest absolute Gasteiger partial charge is 0.201 e. The van der Waals surface area contributed by atoms with Crippen molar-refractivity contribution >= 4 is 17.0 Å². The molecule has 90 valence electrons. The number of anilines is 1. The Bertz CT molecular complexity index is 519. The van der Waals surface area contributed by atoms with Crippen LogP contribution >= 0.6 is 0 Å². The van der Waals surface area contributed by atoms with E-state index in [0.29, 0.717) is 32.3 Å². The summed E-state index contributed by atoms with van der Waals surface area (Å²) >= 11 is 0. The molecule has 0 radical (unpaired) electrons. The number of hydrogen-bond donors (Lipinski definition) is 1. The molecule has 0 saturated carbocycles. The SMILES string of the molecule is Nc1nc2cnccc2n1CC1COCCO1. The Morgan fingerprint density at radius 1 is 1.47 bits per heavy atom. The average molecular weight is 234 g/mol. The molecule has 0 aliphatic carbocycles. The van der Waals surface area contributed by atoms with Gasteiger partial charge in [-0.15, -0.1) is 0 Å². The first kappa shape index (κ1) is 10.5. The van der Waals surface area contributed by atoms with Gasteiger partial charge in [0.25, 0.3) is 0 Å². The lowest BCUT2D eigenvalue weighted by molar-refractivity contribution is -0.0930. The Balaban J connectivity index is 1.90. The molecule has 6 nitrogen and oxygen atoms in total. The predicted octanol–water partition coefficient (Wildman–Crippen LogP) is 0.429. The zero-order chi connectivity index (χ0) is 11.7. The molecule has 1 fully saturated rings. The minimum absolute atomic E-state index is 0.0385. The van der Waals surface area contributed by atoms with E-state index in [1.807, 2.05) is 10.6 Å². The molecule has 0 spiro atoms. The summed E-state index contributed by atoms with van der Waals surface area (Å²) in [5.41, 5.74) is 7.68. The quantitative estimate of drug-likeness (QED) is 0.815. The summed E-state index contributed by atoms with van der Waals surface area (Å²) in [6.07, 6.45) is 3.48. The highest BCUT2D eigenvalue weighted by molar-refractivity contribution is 5.77. The van der Waals surface area contributed by atoms with Crippen LogP contribution in [0.15, 0.2) is 18.5 Å². The maximum Gasteiger partial charge on any atom is 0.201 e. The van der Waals surface area contributed by atoms with Crippen molar-refractivity contribution < 1.29 is 9.47 Å². The van der Waals surface area contributed by atoms with Gasteiger partial charge in [0.05, 0.1) is 44.2 Å². The van der Waals surface area contributed by atoms with Gasteiger partial charge in [0.15, 0.2) is 0 Å². The van der Waals surface area contributed by atoms with Gasteiger partial charge in [-0.25, -0.2) is 4.98 Å². The van der Waals surface area contributed by atoms with Gasteiger partial charge in [-0.2, -0.15) is 0 Å². The Labute approximate surface area is 98.4 Å². The summed E-state index contributed by atoms with van der Waals surface area (Å²) in [6.45, 7) is 2.57. The lowest BCUT2D eigenvalue weighted by Crippen LogP contribution is -2.32. The van der Waals surface area contributed by atoms with Crippen LogP contribution in [-0.2, 0) is 16.0 Å². The first-order valence-electron chi connectivity index (χ1n) is 5.59. The van der Waals surface area contributed by atoms with Crippen molar-refractivity contribution in [3.63, 3.8) is 0 Å². The number of nitrogens with zero attached hydrogens (tertiary/aromatic N) is 3. The van der Waals surface area contributed by atoms with Gasteiger partial charge in [0, 0.05) is 6.20 Å². The van der Waals surface area contributed by atoms with E-state index in [1.165, 1.54) is 0 Å². The first-order valence-corrected chi connectivity index (χ1v) is 5.59. The minimum Gasteiger partial charge on any atom is -0.376 e. The normalized spacial score (nSPS) is 20.8. The molecule has 2 N–H and O–H groups in total. The van der Waals surface area contributed by atoms with Crippen LogP contribution in [0.1, 0.15) is 0 Å². The summed E-state index contributed by atoms with van der Waals surface area (Å²) in [5.74, 6) is 0.488. The van der Waals surface area contributed by atoms with Crippen LogP contribution in [0.3, 0.4) is 0 Å². The Kier molecular flexibility index (Phi) is 2.66. The molecule has 1 saturated heterocycles. The van der Waals surface area contributed by atoms with Crippen molar-refractivity contribution in [1.29, 1.82) is 0 Å². The fraction of sp³-hybridized carbons (Fsp3) is 0.455. The Hall–Kier alpha value is -1.66. The van der Waals surface area contributed by atoms with E-state index in [4.69, 9.17) is 15.2 Å². The number of fused-ring (bicyclic) bond motifs is 1. The Morgan fingerprint density at radius 3 is 3.24 bits per heavy atom. The van der Waals surface area contributed by atoms with Crippen LogP contribution in [0.4, 0.5) is 5.95 Å². The number of nitrogen functional groups attached to an aromatic ring is 1. The second kappa shape index (κ2) is 4.31. The van der Waals surface area contributed by atoms with Gasteiger partial charge < -0.3 is 19.8 Å². The maximum atomic E-state index is 5.90. The molecule has 6 heteroatoms. The molecule has 2 aromatic heterocycles. The molecule has 2 aromatic rings. The molecule has 1 unspecified atom stereocenters. The maximum absolute atomic E-state index is 5.90. The van der Waals surface area contributed by atoms with E-state index in [-0.39, 0.29) is 6.10 Å². The van der Waals surface area contributed by atoms with Crippen LogP contribution < -0.4 is 5.73 Å². The van der Waals surface area contributed by atoms with E-state index in [2.05, 4.69) is 9.97 Å². The topological polar surface area (TPSA) is 75.2 Å². The summed E-state index contributed by atoms with van der Waals surface area (Å²) in [4.78, 5) is 8.29. The fourth-order valence-electron chi connectivity index (χ4n) is 2.04. The van der Waals surface area contributed by atoms with Crippen LogP contribution in [0.25, 0.3) is 11.0 Å². The lowest BCUT2D eigenvalue weighted by Gasteiger charge is -2.23. The van der Waals surface area contributed by atoms with Gasteiger partial charge in [-0.05, 0) is 6.07 Å². The van der Waals surface area contributed by atoms with Gasteiger partial charge in [-0.1, -0.05) is 0 Å². The van der Waals surface area contributed by atoms with E-state index in [1.54, 1.807) is 12.4 Å². The fourth-order valence-corrected chi connectivity index (χ4v) is 2.04. The Morgan fingerprint density at radius 2 is 2.41 bits per heavy atom. The molecule has 3 heterocycles. The third kappa shape index (κ3) is 1.96. The summed E-state index contributed by atoms with van der Waals surface area (Å²) in [6, 6.07) is 1.91. The second-order valence-electron chi connectivity index (χ2n) is 4.01. The molecule has 17 heavy (non-hydrogen) atoms. The van der Waals surface area contributed by atoms with Crippen LogP contribution in [-0.4, -0.2) is 40.5 Å². The van der Waals surface area contributed by atoms with Crippen molar-refractivity contribution in [3.05, 3.63) is 18.5 Å². The van der Waals surface area contributed by atoms with Gasteiger partial charge in [0.1, 0.15) is 5.52 Å². The predicted molar refractivity (Wildman–Crippen MR) is 62.5 cm³/mol. The average Bonchev–Trinajstić information content (AvgIpc) is 2.68. The van der Waals surface area contributed by atoms with E-state index in [0.717, 1.165) is 11.0 Å². The molecular weight excluding hydrogens is 220 g/mol. The summed E-state index contributed by atoms with van der Waals surface area (Å²) in [5, 5.41) is 0.